The summed E-state index contributed by atoms with van der Waals surface area (Å²) in [6, 6.07) is 12.5. The Kier molecular flexibility index (Phi) is 4.88. The van der Waals surface area contributed by atoms with Crippen LogP contribution in [0.2, 0.25) is 0 Å². The third-order valence-electron chi connectivity index (χ3n) is 5.92. The summed E-state index contributed by atoms with van der Waals surface area (Å²) in [5.41, 5.74) is 5.94. The standard InChI is InChI=1S/C24H27NO3/c1-5-15(3)18-7-9-20(10-8-18)25-13-19-11-21-17(6-2)12-22(26)28-24(21)16(4)23(19)27-14-25/h7-12,15H,5-6,13-14H2,1-4H3. The Morgan fingerprint density at radius 1 is 1.14 bits per heavy atom. The highest BCUT2D eigenvalue weighted by atomic mass is 16.5. The Morgan fingerprint density at radius 2 is 1.89 bits per heavy atom. The lowest BCUT2D eigenvalue weighted by Gasteiger charge is -2.32. The number of rotatable bonds is 4. The van der Waals surface area contributed by atoms with Gasteiger partial charge in [-0.25, -0.2) is 4.79 Å². The van der Waals surface area contributed by atoms with Crippen LogP contribution >= 0.6 is 0 Å². The molecule has 4 rings (SSSR count). The van der Waals surface area contributed by atoms with Crippen molar-refractivity contribution in [3.63, 3.8) is 0 Å². The van der Waals surface area contributed by atoms with Crippen LogP contribution in [0.4, 0.5) is 5.69 Å². The number of anilines is 1. The van der Waals surface area contributed by atoms with Crippen LogP contribution in [0.1, 0.15) is 55.4 Å². The number of fused-ring (bicyclic) bond motifs is 2. The van der Waals surface area contributed by atoms with Gasteiger partial charge in [-0.1, -0.05) is 32.9 Å². The zero-order valence-corrected chi connectivity index (χ0v) is 17.0. The van der Waals surface area contributed by atoms with Gasteiger partial charge in [0, 0.05) is 34.8 Å². The number of hydrogen-bond donors (Lipinski definition) is 0. The third kappa shape index (κ3) is 3.17. The van der Waals surface area contributed by atoms with Crippen molar-refractivity contribution in [2.45, 2.75) is 53.0 Å². The lowest BCUT2D eigenvalue weighted by Crippen LogP contribution is -2.32. The molecule has 3 aromatic rings. The van der Waals surface area contributed by atoms with Gasteiger partial charge in [-0.2, -0.15) is 0 Å². The Hall–Kier alpha value is -2.75. The van der Waals surface area contributed by atoms with E-state index in [1.54, 1.807) is 6.07 Å². The van der Waals surface area contributed by atoms with E-state index in [9.17, 15) is 4.79 Å². The van der Waals surface area contributed by atoms with E-state index in [1.807, 2.05) is 6.92 Å². The van der Waals surface area contributed by atoms with Crippen molar-refractivity contribution in [3.05, 3.63) is 69.1 Å². The van der Waals surface area contributed by atoms with E-state index in [-0.39, 0.29) is 5.63 Å². The average Bonchev–Trinajstić information content (AvgIpc) is 2.73. The van der Waals surface area contributed by atoms with E-state index in [1.165, 1.54) is 5.56 Å². The summed E-state index contributed by atoms with van der Waals surface area (Å²) < 4.78 is 11.6. The molecule has 1 unspecified atom stereocenters. The maximum Gasteiger partial charge on any atom is 0.336 e. The number of aryl methyl sites for hydroxylation is 2. The van der Waals surface area contributed by atoms with Crippen molar-refractivity contribution in [2.75, 3.05) is 11.6 Å². The van der Waals surface area contributed by atoms with Gasteiger partial charge in [0.15, 0.2) is 6.73 Å². The minimum atomic E-state index is -0.300. The van der Waals surface area contributed by atoms with Gasteiger partial charge in [0.1, 0.15) is 11.3 Å². The predicted octanol–water partition coefficient (Wildman–Crippen LogP) is 5.53. The Morgan fingerprint density at radius 3 is 2.57 bits per heavy atom. The van der Waals surface area contributed by atoms with Gasteiger partial charge >= 0.3 is 5.63 Å². The van der Waals surface area contributed by atoms with Crippen LogP contribution in [0.25, 0.3) is 11.0 Å². The summed E-state index contributed by atoms with van der Waals surface area (Å²) in [5.74, 6) is 1.42. The molecule has 0 N–H and O–H groups in total. The second-order valence-electron chi connectivity index (χ2n) is 7.68. The highest BCUT2D eigenvalue weighted by Crippen LogP contribution is 2.37. The molecule has 0 spiro atoms. The topological polar surface area (TPSA) is 42.7 Å². The van der Waals surface area contributed by atoms with Gasteiger partial charge in [0.05, 0.1) is 0 Å². The fourth-order valence-corrected chi connectivity index (χ4v) is 3.99. The second-order valence-corrected chi connectivity index (χ2v) is 7.68. The van der Waals surface area contributed by atoms with Gasteiger partial charge in [-0.3, -0.25) is 0 Å². The van der Waals surface area contributed by atoms with Gasteiger partial charge in [-0.15, -0.1) is 0 Å². The highest BCUT2D eigenvalue weighted by molar-refractivity contribution is 5.86. The van der Waals surface area contributed by atoms with E-state index in [2.05, 4.69) is 56.0 Å². The van der Waals surface area contributed by atoms with E-state index in [0.29, 0.717) is 18.2 Å². The fourth-order valence-electron chi connectivity index (χ4n) is 3.99. The minimum absolute atomic E-state index is 0.300. The van der Waals surface area contributed by atoms with Crippen LogP contribution in [0, 0.1) is 6.92 Å². The van der Waals surface area contributed by atoms with E-state index >= 15 is 0 Å². The number of benzene rings is 2. The first-order valence-corrected chi connectivity index (χ1v) is 10.1. The molecule has 2 aromatic carbocycles. The molecule has 2 heterocycles. The summed E-state index contributed by atoms with van der Waals surface area (Å²) in [6.07, 6.45) is 1.93. The summed E-state index contributed by atoms with van der Waals surface area (Å²) >= 11 is 0. The second kappa shape index (κ2) is 7.34. The first-order chi connectivity index (χ1) is 13.5. The molecule has 0 bridgehead atoms. The first kappa shape index (κ1) is 18.6. The van der Waals surface area contributed by atoms with Crippen LogP contribution in [-0.2, 0) is 13.0 Å². The number of nitrogens with zero attached hydrogens (tertiary/aromatic N) is 1. The Balaban J connectivity index is 1.71. The summed E-state index contributed by atoms with van der Waals surface area (Å²) in [4.78, 5) is 14.1. The third-order valence-corrected chi connectivity index (χ3v) is 5.92. The van der Waals surface area contributed by atoms with Crippen LogP contribution in [0.15, 0.2) is 45.6 Å². The summed E-state index contributed by atoms with van der Waals surface area (Å²) in [7, 11) is 0. The van der Waals surface area contributed by atoms with E-state index in [0.717, 1.165) is 52.9 Å². The predicted molar refractivity (Wildman–Crippen MR) is 113 cm³/mol. The number of hydrogen-bond acceptors (Lipinski definition) is 4. The normalized spacial score (nSPS) is 14.6. The lowest BCUT2D eigenvalue weighted by atomic mass is 9.98. The molecule has 0 radical (unpaired) electrons. The molecule has 4 heteroatoms. The SMILES string of the molecule is CCc1cc(=O)oc2c(C)c3c(cc12)CN(c1ccc(C(C)CC)cc1)CO3. The minimum Gasteiger partial charge on any atom is -0.472 e. The lowest BCUT2D eigenvalue weighted by molar-refractivity contribution is 0.287. The molecule has 28 heavy (non-hydrogen) atoms. The largest absolute Gasteiger partial charge is 0.472 e. The van der Waals surface area contributed by atoms with Crippen LogP contribution < -0.4 is 15.3 Å². The van der Waals surface area contributed by atoms with Crippen molar-refractivity contribution in [2.24, 2.45) is 0 Å². The van der Waals surface area contributed by atoms with Crippen LogP contribution in [0.3, 0.4) is 0 Å². The van der Waals surface area contributed by atoms with Crippen LogP contribution in [-0.4, -0.2) is 6.73 Å². The van der Waals surface area contributed by atoms with E-state index in [4.69, 9.17) is 9.15 Å². The smallest absolute Gasteiger partial charge is 0.336 e. The summed E-state index contributed by atoms with van der Waals surface area (Å²) in [5, 5.41) is 1.01. The number of ether oxygens (including phenoxy) is 1. The zero-order valence-electron chi connectivity index (χ0n) is 17.0. The molecule has 1 aliphatic heterocycles. The molecule has 4 nitrogen and oxygen atoms in total. The molecule has 0 aliphatic carbocycles. The molecule has 1 aromatic heterocycles. The zero-order chi connectivity index (χ0) is 19.8. The molecule has 0 saturated carbocycles. The average molecular weight is 377 g/mol. The van der Waals surface area contributed by atoms with Crippen molar-refractivity contribution >= 4 is 16.7 Å². The Bertz CT molecular complexity index is 1070. The molecule has 0 amide bonds. The van der Waals surface area contributed by atoms with Crippen LogP contribution in [0.5, 0.6) is 5.75 Å². The van der Waals surface area contributed by atoms with Crippen molar-refractivity contribution in [1.82, 2.24) is 0 Å². The monoisotopic (exact) mass is 377 g/mol. The highest BCUT2D eigenvalue weighted by Gasteiger charge is 2.23. The van der Waals surface area contributed by atoms with Gasteiger partial charge in [0.2, 0.25) is 0 Å². The van der Waals surface area contributed by atoms with Gasteiger partial charge in [-0.05, 0) is 55.0 Å². The molecule has 0 fully saturated rings. The van der Waals surface area contributed by atoms with Crippen molar-refractivity contribution < 1.29 is 9.15 Å². The maximum atomic E-state index is 11.9. The van der Waals surface area contributed by atoms with Gasteiger partial charge in [0.25, 0.3) is 0 Å². The molecule has 146 valence electrons. The van der Waals surface area contributed by atoms with E-state index < -0.39 is 0 Å². The molecular formula is C24H27NO3. The Labute approximate surface area is 165 Å². The summed E-state index contributed by atoms with van der Waals surface area (Å²) in [6.45, 7) is 9.77. The van der Waals surface area contributed by atoms with Crippen molar-refractivity contribution in [1.29, 1.82) is 0 Å². The molecule has 1 aliphatic rings. The molecular weight excluding hydrogens is 350 g/mol. The first-order valence-electron chi connectivity index (χ1n) is 10.1. The maximum absolute atomic E-state index is 11.9. The molecule has 0 saturated heterocycles. The molecule has 1 atom stereocenters. The quantitative estimate of drug-likeness (QED) is 0.560. The van der Waals surface area contributed by atoms with Crippen molar-refractivity contribution in [3.8, 4) is 5.75 Å². The fraction of sp³-hybridized carbons (Fsp3) is 0.375. The van der Waals surface area contributed by atoms with Gasteiger partial charge < -0.3 is 14.1 Å².